The maximum atomic E-state index is 13.1. The molecule has 0 radical (unpaired) electrons. The summed E-state index contributed by atoms with van der Waals surface area (Å²) in [5.41, 5.74) is 7.52. The fourth-order valence-electron chi connectivity index (χ4n) is 3.00. The van der Waals surface area contributed by atoms with Crippen molar-refractivity contribution in [3.05, 3.63) is 35.4 Å². The van der Waals surface area contributed by atoms with Crippen molar-refractivity contribution in [1.82, 2.24) is 9.78 Å². The van der Waals surface area contributed by atoms with Crippen molar-refractivity contribution >= 4 is 23.4 Å². The number of benzene rings is 1. The van der Waals surface area contributed by atoms with E-state index < -0.39 is 17.8 Å². The van der Waals surface area contributed by atoms with Crippen LogP contribution in [0.1, 0.15) is 25.7 Å². The Labute approximate surface area is 155 Å². The molecule has 1 aromatic heterocycles. The van der Waals surface area contributed by atoms with Crippen molar-refractivity contribution in [2.24, 2.45) is 5.92 Å². The van der Waals surface area contributed by atoms with Crippen molar-refractivity contribution in [3.8, 4) is 11.3 Å². The fourth-order valence-corrected chi connectivity index (χ4v) is 3.12. The van der Waals surface area contributed by atoms with Crippen LogP contribution in [0, 0.1) is 5.92 Å². The van der Waals surface area contributed by atoms with E-state index in [1.807, 2.05) is 12.1 Å². The summed E-state index contributed by atoms with van der Waals surface area (Å²) in [5, 5.41) is 5.03. The van der Waals surface area contributed by atoms with E-state index in [4.69, 9.17) is 22.1 Å². The molecule has 1 aromatic carbocycles. The number of nitrogens with two attached hydrogens (primary N) is 1. The molecule has 0 spiro atoms. The summed E-state index contributed by atoms with van der Waals surface area (Å²) in [6, 6.07) is 8.94. The number of rotatable bonds is 5. The molecule has 2 aromatic rings. The smallest absolute Gasteiger partial charge is 0.308 e. The maximum absolute atomic E-state index is 13.1. The number of hydrogen-bond acceptors (Lipinski definition) is 4. The predicted molar refractivity (Wildman–Crippen MR) is 94.9 cm³/mol. The Balaban J connectivity index is 1.52. The number of anilines is 1. The maximum Gasteiger partial charge on any atom is 0.308 e. The Hall–Kier alpha value is -2.15. The van der Waals surface area contributed by atoms with Gasteiger partial charge in [-0.3, -0.25) is 4.79 Å². The molecule has 0 atom stereocenters. The average molecular weight is 384 g/mol. The molecule has 8 heteroatoms. The van der Waals surface area contributed by atoms with Gasteiger partial charge >= 0.3 is 5.97 Å². The molecule has 2 N–H and O–H groups in total. The molecule has 1 aliphatic carbocycles. The highest BCUT2D eigenvalue weighted by atomic mass is 35.5. The summed E-state index contributed by atoms with van der Waals surface area (Å²) in [6.45, 7) is 0.395. The topological polar surface area (TPSA) is 70.1 Å². The SMILES string of the molecule is Nc1cc(-c2ccc(Cl)cc2)nn1CCOC(=O)C1CCC(F)(F)CC1. The minimum absolute atomic E-state index is 0.0949. The first-order chi connectivity index (χ1) is 12.3. The number of nitrogens with zero attached hydrogens (tertiary/aromatic N) is 2. The second-order valence-electron chi connectivity index (χ2n) is 6.48. The summed E-state index contributed by atoms with van der Waals surface area (Å²) in [5.74, 6) is -3.08. The van der Waals surface area contributed by atoms with E-state index >= 15 is 0 Å². The zero-order valence-corrected chi connectivity index (χ0v) is 14.9. The number of alkyl halides is 2. The number of carbonyl (C=O) groups excluding carboxylic acids is 1. The summed E-state index contributed by atoms with van der Waals surface area (Å²) < 4.78 is 33.0. The molecule has 0 saturated heterocycles. The zero-order chi connectivity index (χ0) is 18.7. The Bertz CT molecular complexity index is 767. The van der Waals surface area contributed by atoms with E-state index in [-0.39, 0.29) is 32.3 Å². The van der Waals surface area contributed by atoms with E-state index in [9.17, 15) is 13.6 Å². The van der Waals surface area contributed by atoms with E-state index in [1.165, 1.54) is 0 Å². The Morgan fingerprint density at radius 3 is 2.62 bits per heavy atom. The first kappa shape index (κ1) is 18.6. The molecule has 140 valence electrons. The molecule has 0 amide bonds. The molecule has 0 aliphatic heterocycles. The van der Waals surface area contributed by atoms with Gasteiger partial charge in [-0.15, -0.1) is 0 Å². The minimum atomic E-state index is -2.65. The highest BCUT2D eigenvalue weighted by Crippen LogP contribution is 2.36. The third-order valence-electron chi connectivity index (χ3n) is 4.55. The van der Waals surface area contributed by atoms with Crippen molar-refractivity contribution in [2.75, 3.05) is 12.3 Å². The third kappa shape index (κ3) is 4.52. The van der Waals surface area contributed by atoms with Gasteiger partial charge in [0.15, 0.2) is 0 Å². The molecule has 0 bridgehead atoms. The van der Waals surface area contributed by atoms with Crippen LogP contribution in [0.5, 0.6) is 0 Å². The van der Waals surface area contributed by atoms with Crippen LogP contribution in [0.3, 0.4) is 0 Å². The van der Waals surface area contributed by atoms with Gasteiger partial charge in [0.25, 0.3) is 0 Å². The lowest BCUT2D eigenvalue weighted by Gasteiger charge is -2.26. The van der Waals surface area contributed by atoms with Crippen LogP contribution >= 0.6 is 11.6 Å². The fraction of sp³-hybridized carbons (Fsp3) is 0.444. The van der Waals surface area contributed by atoms with E-state index in [0.29, 0.717) is 23.1 Å². The molecule has 1 heterocycles. The van der Waals surface area contributed by atoms with Crippen LogP contribution in [0.25, 0.3) is 11.3 Å². The van der Waals surface area contributed by atoms with Gasteiger partial charge in [0, 0.05) is 29.5 Å². The molecule has 1 fully saturated rings. The van der Waals surface area contributed by atoms with Gasteiger partial charge in [0.2, 0.25) is 5.92 Å². The number of esters is 1. The molecule has 26 heavy (non-hydrogen) atoms. The van der Waals surface area contributed by atoms with Crippen molar-refractivity contribution in [3.63, 3.8) is 0 Å². The number of halogens is 3. The quantitative estimate of drug-likeness (QED) is 0.787. The largest absolute Gasteiger partial charge is 0.463 e. The number of nitrogen functional groups attached to an aromatic ring is 1. The molecular formula is C18H20ClF2N3O2. The van der Waals surface area contributed by atoms with Crippen LogP contribution in [-0.2, 0) is 16.1 Å². The number of aromatic nitrogens is 2. The monoisotopic (exact) mass is 383 g/mol. The lowest BCUT2D eigenvalue weighted by Crippen LogP contribution is -2.30. The Kier molecular flexibility index (Phi) is 5.46. The highest BCUT2D eigenvalue weighted by Gasteiger charge is 2.37. The van der Waals surface area contributed by atoms with Crippen LogP contribution in [0.4, 0.5) is 14.6 Å². The van der Waals surface area contributed by atoms with Gasteiger partial charge < -0.3 is 10.5 Å². The Morgan fingerprint density at radius 2 is 1.96 bits per heavy atom. The van der Waals surface area contributed by atoms with Crippen LogP contribution in [-0.4, -0.2) is 28.3 Å². The lowest BCUT2D eigenvalue weighted by atomic mass is 9.87. The zero-order valence-electron chi connectivity index (χ0n) is 14.1. The molecule has 3 rings (SSSR count). The molecule has 1 saturated carbocycles. The van der Waals surface area contributed by atoms with Gasteiger partial charge in [0.1, 0.15) is 12.4 Å². The molecular weight excluding hydrogens is 364 g/mol. The van der Waals surface area contributed by atoms with Gasteiger partial charge in [-0.25, -0.2) is 13.5 Å². The van der Waals surface area contributed by atoms with Gasteiger partial charge in [-0.05, 0) is 25.0 Å². The van der Waals surface area contributed by atoms with Crippen molar-refractivity contribution in [2.45, 2.75) is 38.2 Å². The molecule has 0 unspecified atom stereocenters. The van der Waals surface area contributed by atoms with Crippen molar-refractivity contribution < 1.29 is 18.3 Å². The number of hydrogen-bond donors (Lipinski definition) is 1. The third-order valence-corrected chi connectivity index (χ3v) is 4.80. The first-order valence-corrected chi connectivity index (χ1v) is 8.85. The number of carbonyl (C=O) groups is 1. The van der Waals surface area contributed by atoms with E-state index in [1.54, 1.807) is 22.9 Å². The van der Waals surface area contributed by atoms with E-state index in [2.05, 4.69) is 5.10 Å². The van der Waals surface area contributed by atoms with Gasteiger partial charge in [-0.2, -0.15) is 5.10 Å². The normalized spacial score (nSPS) is 17.2. The summed E-state index contributed by atoms with van der Waals surface area (Å²) in [6.07, 6.45) is -0.195. The summed E-state index contributed by atoms with van der Waals surface area (Å²) >= 11 is 5.87. The standard InChI is InChI=1S/C18H20ClF2N3O2/c19-14-3-1-12(2-4-14)15-11-16(22)24(23-15)9-10-26-17(25)13-5-7-18(20,21)8-6-13/h1-4,11,13H,5-10,22H2. The van der Waals surface area contributed by atoms with Crippen LogP contribution in [0.2, 0.25) is 5.02 Å². The summed E-state index contributed by atoms with van der Waals surface area (Å²) in [7, 11) is 0. The summed E-state index contributed by atoms with van der Waals surface area (Å²) in [4.78, 5) is 12.0. The van der Waals surface area contributed by atoms with E-state index in [0.717, 1.165) is 5.56 Å². The minimum Gasteiger partial charge on any atom is -0.463 e. The highest BCUT2D eigenvalue weighted by molar-refractivity contribution is 6.30. The lowest BCUT2D eigenvalue weighted by molar-refractivity contribution is -0.152. The average Bonchev–Trinajstić information content (AvgIpc) is 2.96. The predicted octanol–water partition coefficient (Wildman–Crippen LogP) is 4.15. The van der Waals surface area contributed by atoms with Crippen molar-refractivity contribution in [1.29, 1.82) is 0 Å². The number of ether oxygens (including phenoxy) is 1. The first-order valence-electron chi connectivity index (χ1n) is 8.48. The van der Waals surface area contributed by atoms with Crippen LogP contribution < -0.4 is 5.73 Å². The van der Waals surface area contributed by atoms with Gasteiger partial charge in [-0.1, -0.05) is 23.7 Å². The van der Waals surface area contributed by atoms with Crippen LogP contribution in [0.15, 0.2) is 30.3 Å². The molecule has 1 aliphatic rings. The second-order valence-corrected chi connectivity index (χ2v) is 6.92. The molecule has 5 nitrogen and oxygen atoms in total. The second kappa shape index (κ2) is 7.61. The van der Waals surface area contributed by atoms with Gasteiger partial charge in [0.05, 0.1) is 18.2 Å². The Morgan fingerprint density at radius 1 is 1.31 bits per heavy atom.